The van der Waals surface area contributed by atoms with Crippen LogP contribution in [0.3, 0.4) is 0 Å². The van der Waals surface area contributed by atoms with Gasteiger partial charge in [0, 0.05) is 0 Å². The van der Waals surface area contributed by atoms with Crippen molar-refractivity contribution in [3.63, 3.8) is 0 Å². The fourth-order valence-electron chi connectivity index (χ4n) is 0.523. The van der Waals surface area contributed by atoms with E-state index < -0.39 is 10.4 Å². The van der Waals surface area contributed by atoms with Crippen LogP contribution in [0.1, 0.15) is 39.5 Å². The molecule has 4 nitrogen and oxygen atoms in total. The zero-order valence-corrected chi connectivity index (χ0v) is 7.69. The molecule has 1 saturated heterocycles. The van der Waals surface area contributed by atoms with E-state index >= 15 is 0 Å². The van der Waals surface area contributed by atoms with Crippen molar-refractivity contribution in [2.24, 2.45) is 0 Å². The Labute approximate surface area is 67.8 Å². The summed E-state index contributed by atoms with van der Waals surface area (Å²) in [5.74, 6) is 0. The quantitative estimate of drug-likeness (QED) is 0.379. The molecule has 0 N–H and O–H groups in total. The average Bonchev–Trinajstić information content (AvgIpc) is 2.63. The van der Waals surface area contributed by atoms with Crippen molar-refractivity contribution in [1.82, 2.24) is 0 Å². The summed E-state index contributed by atoms with van der Waals surface area (Å²) in [6.45, 7) is 4.46. The third kappa shape index (κ3) is 9.87. The van der Waals surface area contributed by atoms with Gasteiger partial charge >= 0.3 is 10.4 Å². The van der Waals surface area contributed by atoms with Crippen LogP contribution in [0.4, 0.5) is 0 Å². The smallest absolute Gasteiger partial charge is 0.164 e. The predicted molar refractivity (Wildman–Crippen MR) is 40.9 cm³/mol. The fourth-order valence-corrected chi connectivity index (χ4v) is 0.704. The third-order valence-corrected chi connectivity index (χ3v) is 1.49. The minimum atomic E-state index is -3.42. The van der Waals surface area contributed by atoms with E-state index in [1.165, 1.54) is 25.7 Å². The zero-order chi connectivity index (χ0) is 8.74. The Hall–Kier alpha value is -0.130. The van der Waals surface area contributed by atoms with Crippen molar-refractivity contribution in [3.8, 4) is 0 Å². The molecule has 0 aliphatic carbocycles. The van der Waals surface area contributed by atoms with E-state index in [0.29, 0.717) is 0 Å². The molecule has 0 saturated carbocycles. The Balaban J connectivity index is 0.000000183. The Morgan fingerprint density at radius 1 is 1.00 bits per heavy atom. The van der Waals surface area contributed by atoms with Gasteiger partial charge in [-0.2, -0.15) is 8.42 Å². The first kappa shape index (κ1) is 10.9. The van der Waals surface area contributed by atoms with E-state index in [2.05, 4.69) is 22.5 Å². The van der Waals surface area contributed by atoms with Gasteiger partial charge in [-0.3, -0.25) is 0 Å². The number of unbranched alkanes of at least 4 members (excludes halogenated alkanes) is 3. The normalized spacial score (nSPS) is 18.4. The largest absolute Gasteiger partial charge is 0.455 e. The van der Waals surface area contributed by atoms with Gasteiger partial charge in [-0.1, -0.05) is 48.2 Å². The van der Waals surface area contributed by atoms with Gasteiger partial charge in [-0.15, -0.1) is 0 Å². The molecule has 1 fully saturated rings. The van der Waals surface area contributed by atoms with Crippen molar-refractivity contribution in [1.29, 1.82) is 0 Å². The van der Waals surface area contributed by atoms with Crippen LogP contribution in [-0.2, 0) is 19.1 Å². The lowest BCUT2D eigenvalue weighted by Gasteiger charge is -1.86. The molecule has 0 aromatic rings. The van der Waals surface area contributed by atoms with E-state index in [0.717, 1.165) is 0 Å². The first-order valence-corrected chi connectivity index (χ1v) is 5.08. The maximum absolute atomic E-state index is 9.30. The van der Waals surface area contributed by atoms with Crippen molar-refractivity contribution in [3.05, 3.63) is 0 Å². The lowest BCUT2D eigenvalue weighted by Crippen LogP contribution is -1.66. The van der Waals surface area contributed by atoms with E-state index in [9.17, 15) is 8.42 Å². The second kappa shape index (κ2) is 5.51. The summed E-state index contributed by atoms with van der Waals surface area (Å²) in [5.41, 5.74) is 0. The topological polar surface area (TPSA) is 59.2 Å². The first-order chi connectivity index (χ1) is 5.12. The molecule has 1 rings (SSSR count). The first-order valence-electron chi connectivity index (χ1n) is 3.75. The Morgan fingerprint density at radius 2 is 1.27 bits per heavy atom. The monoisotopic (exact) mass is 182 g/mol. The molecule has 0 aromatic heterocycles. The molecule has 1 aliphatic rings. The highest BCUT2D eigenvalue weighted by atomic mass is 32.3. The Kier molecular flexibility index (Phi) is 5.45. The van der Waals surface area contributed by atoms with Crippen molar-refractivity contribution < 1.29 is 17.1 Å². The van der Waals surface area contributed by atoms with Crippen molar-refractivity contribution in [2.45, 2.75) is 39.5 Å². The van der Waals surface area contributed by atoms with Crippen LogP contribution in [0, 0.1) is 0 Å². The van der Waals surface area contributed by atoms with Gasteiger partial charge in [0.25, 0.3) is 0 Å². The van der Waals surface area contributed by atoms with E-state index in [1.54, 1.807) is 0 Å². The van der Waals surface area contributed by atoms with E-state index in [-0.39, 0.29) is 0 Å². The van der Waals surface area contributed by atoms with Crippen LogP contribution in [0.5, 0.6) is 0 Å². The Bertz CT molecular complexity index is 159. The molecule has 1 heterocycles. The molecular formula is C6H14O4S. The highest BCUT2D eigenvalue weighted by Crippen LogP contribution is 2.11. The van der Waals surface area contributed by atoms with Gasteiger partial charge in [-0.25, -0.2) is 0 Å². The second-order valence-electron chi connectivity index (χ2n) is 2.25. The number of hydrogen-bond acceptors (Lipinski definition) is 4. The van der Waals surface area contributed by atoms with Crippen LogP contribution in [-0.4, -0.2) is 8.42 Å². The molecule has 11 heavy (non-hydrogen) atoms. The van der Waals surface area contributed by atoms with Gasteiger partial charge in [0.05, 0.1) is 0 Å². The van der Waals surface area contributed by atoms with Crippen LogP contribution < -0.4 is 0 Å². The molecule has 0 bridgehead atoms. The molecule has 0 atom stereocenters. The molecule has 0 aromatic carbocycles. The maximum atomic E-state index is 9.30. The molecule has 5 heteroatoms. The highest BCUT2D eigenvalue weighted by molar-refractivity contribution is 7.85. The molecule has 0 spiro atoms. The molecular weight excluding hydrogens is 168 g/mol. The van der Waals surface area contributed by atoms with Gasteiger partial charge in [-0.05, 0) is 0 Å². The average molecular weight is 182 g/mol. The summed E-state index contributed by atoms with van der Waals surface area (Å²) >= 11 is 0. The molecule has 68 valence electrons. The summed E-state index contributed by atoms with van der Waals surface area (Å²) in [6.07, 6.45) is 5.54. The van der Waals surface area contributed by atoms with Gasteiger partial charge in [0.1, 0.15) is 0 Å². The zero-order valence-electron chi connectivity index (χ0n) is 6.87. The lowest BCUT2D eigenvalue weighted by atomic mass is 10.2. The highest BCUT2D eigenvalue weighted by Gasteiger charge is 2.31. The van der Waals surface area contributed by atoms with E-state index in [4.69, 9.17) is 0 Å². The van der Waals surface area contributed by atoms with Gasteiger partial charge in [0.2, 0.25) is 0 Å². The summed E-state index contributed by atoms with van der Waals surface area (Å²) in [6, 6.07) is 0. The molecule has 0 unspecified atom stereocenters. The summed E-state index contributed by atoms with van der Waals surface area (Å²) in [4.78, 5) is 0. The third-order valence-electron chi connectivity index (χ3n) is 1.14. The lowest BCUT2D eigenvalue weighted by molar-refractivity contribution is 0.0850. The maximum Gasteiger partial charge on any atom is 0.455 e. The molecule has 1 aliphatic heterocycles. The number of hydrogen-bond donors (Lipinski definition) is 0. The second-order valence-corrected chi connectivity index (χ2v) is 3.34. The summed E-state index contributed by atoms with van der Waals surface area (Å²) in [5, 5.41) is 0. The van der Waals surface area contributed by atoms with Crippen LogP contribution >= 0.6 is 0 Å². The van der Waals surface area contributed by atoms with Gasteiger partial charge < -0.3 is 0 Å². The van der Waals surface area contributed by atoms with Crippen LogP contribution in [0.2, 0.25) is 0 Å². The molecule has 0 radical (unpaired) electrons. The minimum absolute atomic E-state index is 1.36. The molecule has 0 amide bonds. The van der Waals surface area contributed by atoms with Crippen LogP contribution in [0.25, 0.3) is 0 Å². The van der Waals surface area contributed by atoms with E-state index in [1.807, 2.05) is 0 Å². The van der Waals surface area contributed by atoms with Crippen LogP contribution in [0.15, 0.2) is 0 Å². The fraction of sp³-hybridized carbons (Fsp3) is 1.00. The SMILES string of the molecule is CCCCCC.O=S1(=O)OO1. The predicted octanol–water partition coefficient (Wildman–Crippen LogP) is 1.78. The van der Waals surface area contributed by atoms with Gasteiger partial charge in [0.15, 0.2) is 0 Å². The summed E-state index contributed by atoms with van der Waals surface area (Å²) in [7, 11) is -3.42. The summed E-state index contributed by atoms with van der Waals surface area (Å²) < 4.78 is 25.3. The van der Waals surface area contributed by atoms with Crippen molar-refractivity contribution in [2.75, 3.05) is 0 Å². The van der Waals surface area contributed by atoms with Crippen molar-refractivity contribution >= 4 is 10.4 Å². The minimum Gasteiger partial charge on any atom is -0.164 e. The Morgan fingerprint density at radius 3 is 1.36 bits per heavy atom. The number of rotatable bonds is 3. The standard InChI is InChI=1S/C6H14.O4S/c1-3-5-6-4-2;1-5(2)3-4-5/h3-6H2,1-2H3;.